The molecule has 5 nitrogen and oxygen atoms in total. The lowest BCUT2D eigenvalue weighted by molar-refractivity contribution is -0.130. The average molecular weight is 515 g/mol. The van der Waals surface area contributed by atoms with Gasteiger partial charge in [0.25, 0.3) is 5.91 Å². The molecule has 0 heterocycles. The number of nitrogens with zero attached hydrogens (tertiary/aromatic N) is 1. The zero-order chi connectivity index (χ0) is 26.9. The lowest BCUT2D eigenvalue weighted by Gasteiger charge is -2.32. The molecule has 2 amide bonds. The van der Waals surface area contributed by atoms with Crippen LogP contribution in [-0.2, 0) is 16.0 Å². The molecule has 0 fully saturated rings. The summed E-state index contributed by atoms with van der Waals surface area (Å²) in [5.74, 6) is 0.114. The van der Waals surface area contributed by atoms with Gasteiger partial charge in [-0.05, 0) is 55.2 Å². The van der Waals surface area contributed by atoms with E-state index < -0.39 is 5.37 Å². The Hall–Kier alpha value is -2.27. The minimum Gasteiger partial charge on any atom is -0.342 e. The summed E-state index contributed by atoms with van der Waals surface area (Å²) in [4.78, 5) is 28.4. The van der Waals surface area contributed by atoms with Crippen LogP contribution >= 0.6 is 12.0 Å². The molecule has 2 unspecified atom stereocenters. The summed E-state index contributed by atoms with van der Waals surface area (Å²) in [6, 6.07) is 9.71. The predicted molar refractivity (Wildman–Crippen MR) is 153 cm³/mol. The third-order valence-electron chi connectivity index (χ3n) is 6.02. The van der Waals surface area contributed by atoms with Gasteiger partial charge in [0.05, 0.1) is 5.57 Å². The number of carbonyl (C=O) groups excluding carboxylic acids is 2. The van der Waals surface area contributed by atoms with Crippen molar-refractivity contribution in [1.82, 2.24) is 10.2 Å². The highest BCUT2D eigenvalue weighted by Crippen LogP contribution is 2.22. The molecule has 0 aromatic heterocycles. The highest BCUT2D eigenvalue weighted by Gasteiger charge is 2.26. The van der Waals surface area contributed by atoms with Crippen molar-refractivity contribution in [2.45, 2.75) is 97.4 Å². The molecule has 0 radical (unpaired) electrons. The number of amides is 2. The molecule has 1 aromatic rings. The normalized spacial score (nSPS) is 12.4. The van der Waals surface area contributed by atoms with Gasteiger partial charge in [-0.25, -0.2) is 0 Å². The molecule has 0 saturated carbocycles. The van der Waals surface area contributed by atoms with Gasteiger partial charge in [0.1, 0.15) is 5.37 Å². The summed E-state index contributed by atoms with van der Waals surface area (Å²) >= 11 is 0.652. The second-order valence-corrected chi connectivity index (χ2v) is 10.4. The number of hydrogen-bond acceptors (Lipinski definition) is 4. The van der Waals surface area contributed by atoms with Gasteiger partial charge in [0, 0.05) is 37.5 Å². The predicted octanol–water partition coefficient (Wildman–Crippen LogP) is 7.16. The smallest absolute Gasteiger partial charge is 0.262 e. The molecule has 0 aliphatic rings. The van der Waals surface area contributed by atoms with Crippen LogP contribution in [0, 0.1) is 5.92 Å². The Balaban J connectivity index is 2.95. The zero-order valence-corrected chi connectivity index (χ0v) is 23.7. The first-order valence-electron chi connectivity index (χ1n) is 13.4. The van der Waals surface area contributed by atoms with Crippen LogP contribution in [-0.4, -0.2) is 39.2 Å². The number of hydrogen-bond donors (Lipinski definition) is 2. The third-order valence-corrected chi connectivity index (χ3v) is 6.55. The number of rotatable bonds is 17. The fraction of sp³-hybridized carbons (Fsp3) is 0.567. The summed E-state index contributed by atoms with van der Waals surface area (Å²) in [6.07, 6.45) is 7.71. The lowest BCUT2D eigenvalue weighted by atomic mass is 9.98. The number of benzene rings is 1. The zero-order valence-electron chi connectivity index (χ0n) is 22.9. The maximum absolute atomic E-state index is 13.7. The van der Waals surface area contributed by atoms with E-state index in [0.717, 1.165) is 43.2 Å². The average Bonchev–Trinajstić information content (AvgIpc) is 2.87. The largest absolute Gasteiger partial charge is 0.342 e. The molecule has 0 spiro atoms. The molecule has 1 rings (SSSR count). The van der Waals surface area contributed by atoms with Crippen molar-refractivity contribution < 1.29 is 14.1 Å². The van der Waals surface area contributed by atoms with Crippen LogP contribution in [0.3, 0.4) is 0 Å². The minimum atomic E-state index is -0.411. The third kappa shape index (κ3) is 11.6. The first-order valence-corrected chi connectivity index (χ1v) is 14.2. The number of carbonyl (C=O) groups is 2. The van der Waals surface area contributed by atoms with Crippen LogP contribution in [0.25, 0.3) is 0 Å². The van der Waals surface area contributed by atoms with E-state index in [1.165, 1.54) is 0 Å². The number of unbranched alkanes of at least 4 members (excludes halogenated alkanes) is 1. The second-order valence-electron chi connectivity index (χ2n) is 9.59. The van der Waals surface area contributed by atoms with Crippen LogP contribution in [0.4, 0.5) is 0 Å². The Morgan fingerprint density at radius 1 is 1.14 bits per heavy atom. The monoisotopic (exact) mass is 514 g/mol. The summed E-state index contributed by atoms with van der Waals surface area (Å²) in [6.45, 7) is 15.2. The SMILES string of the molecule is C=C(CCCC)C(=C=CC(C)C)C(=O)N(CCC)C(CC)CCC(=O)NC(Cc1ccccc1)SO. The molecule has 0 bridgehead atoms. The van der Waals surface area contributed by atoms with Crippen LogP contribution in [0.1, 0.15) is 85.1 Å². The van der Waals surface area contributed by atoms with Crippen LogP contribution in [0.2, 0.25) is 0 Å². The van der Waals surface area contributed by atoms with E-state index in [4.69, 9.17) is 0 Å². The van der Waals surface area contributed by atoms with Crippen molar-refractivity contribution >= 4 is 23.9 Å². The molecule has 0 aliphatic carbocycles. The summed E-state index contributed by atoms with van der Waals surface area (Å²) in [5, 5.41) is 2.51. The molecule has 200 valence electrons. The van der Waals surface area contributed by atoms with Gasteiger partial charge < -0.3 is 14.8 Å². The Kier molecular flexibility index (Phi) is 15.9. The van der Waals surface area contributed by atoms with Crippen molar-refractivity contribution in [3.63, 3.8) is 0 Å². The van der Waals surface area contributed by atoms with Gasteiger partial charge >= 0.3 is 0 Å². The van der Waals surface area contributed by atoms with Crippen LogP contribution in [0.15, 0.2) is 59.9 Å². The highest BCUT2D eigenvalue weighted by atomic mass is 32.2. The van der Waals surface area contributed by atoms with E-state index in [0.29, 0.717) is 37.0 Å². The van der Waals surface area contributed by atoms with E-state index in [9.17, 15) is 14.1 Å². The summed E-state index contributed by atoms with van der Waals surface area (Å²) in [7, 11) is 0. The molecular formula is C30H46N2O3S. The fourth-order valence-electron chi connectivity index (χ4n) is 3.99. The lowest BCUT2D eigenvalue weighted by Crippen LogP contribution is -2.42. The van der Waals surface area contributed by atoms with Gasteiger partial charge in [0.15, 0.2) is 0 Å². The van der Waals surface area contributed by atoms with Gasteiger partial charge in [-0.2, -0.15) is 0 Å². The first-order chi connectivity index (χ1) is 17.3. The number of nitrogens with one attached hydrogen (secondary N) is 1. The molecule has 0 aliphatic heterocycles. The maximum Gasteiger partial charge on any atom is 0.262 e. The van der Waals surface area contributed by atoms with Crippen molar-refractivity contribution in [2.24, 2.45) is 5.92 Å². The topological polar surface area (TPSA) is 69.6 Å². The van der Waals surface area contributed by atoms with Gasteiger partial charge in [-0.15, -0.1) is 5.73 Å². The highest BCUT2D eigenvalue weighted by molar-refractivity contribution is 7.94. The molecule has 2 atom stereocenters. The van der Waals surface area contributed by atoms with Crippen LogP contribution in [0.5, 0.6) is 0 Å². The molecule has 2 N–H and O–H groups in total. The standard InChI is InChI=1S/C30H46N2O3S/c1-7-10-14-24(6)27(19-17-23(4)5)30(34)32(21-8-2)26(9-3)18-20-28(33)31-29(36-35)22-25-15-12-11-13-16-25/h11-13,15-17,23,26,29,35H,6-10,14,18,20-22H2,1-5H3,(H,31,33). The van der Waals surface area contributed by atoms with Crippen molar-refractivity contribution in [3.05, 3.63) is 65.4 Å². The molecule has 1 aromatic carbocycles. The molecule has 36 heavy (non-hydrogen) atoms. The first kappa shape index (κ1) is 31.8. The Morgan fingerprint density at radius 3 is 2.39 bits per heavy atom. The maximum atomic E-state index is 13.7. The fourth-order valence-corrected chi connectivity index (χ4v) is 4.44. The molecule has 0 saturated heterocycles. The minimum absolute atomic E-state index is 0.0463. The van der Waals surface area contributed by atoms with Crippen molar-refractivity contribution in [2.75, 3.05) is 6.54 Å². The van der Waals surface area contributed by atoms with Crippen LogP contribution < -0.4 is 5.32 Å². The quantitative estimate of drug-likeness (QED) is 0.0761. The van der Waals surface area contributed by atoms with Crippen molar-refractivity contribution in [1.29, 1.82) is 0 Å². The van der Waals surface area contributed by atoms with Gasteiger partial charge in [0.2, 0.25) is 5.91 Å². The van der Waals surface area contributed by atoms with Crippen molar-refractivity contribution in [3.8, 4) is 0 Å². The second kappa shape index (κ2) is 18.0. The Morgan fingerprint density at radius 2 is 1.83 bits per heavy atom. The van der Waals surface area contributed by atoms with E-state index in [1.54, 1.807) is 0 Å². The van der Waals surface area contributed by atoms with Gasteiger partial charge in [-0.1, -0.05) is 78.0 Å². The Bertz CT molecular complexity index is 875. The summed E-state index contributed by atoms with van der Waals surface area (Å²) < 4.78 is 9.68. The summed E-state index contributed by atoms with van der Waals surface area (Å²) in [5.41, 5.74) is 5.70. The van der Waals surface area contributed by atoms with E-state index >= 15 is 0 Å². The van der Waals surface area contributed by atoms with E-state index in [1.807, 2.05) is 41.3 Å². The van der Waals surface area contributed by atoms with E-state index in [-0.39, 0.29) is 30.2 Å². The molecular weight excluding hydrogens is 468 g/mol. The van der Waals surface area contributed by atoms with E-state index in [2.05, 4.69) is 52.2 Å². The van der Waals surface area contributed by atoms with Gasteiger partial charge in [-0.3, -0.25) is 9.59 Å². The molecule has 6 heteroatoms. The Labute approximate surface area is 223 Å².